The molecule has 0 saturated heterocycles. The highest BCUT2D eigenvalue weighted by atomic mass is 16.2. The minimum absolute atomic E-state index is 0.0840. The predicted molar refractivity (Wildman–Crippen MR) is 81.5 cm³/mol. The second-order valence-electron chi connectivity index (χ2n) is 6.82. The lowest BCUT2D eigenvalue weighted by atomic mass is 9.86. The number of nitrogens with zero attached hydrogens (tertiary/aromatic N) is 2. The number of nitrogens with one attached hydrogen (secondary N) is 2. The van der Waals surface area contributed by atoms with Crippen LogP contribution in [0, 0.1) is 31.6 Å². The monoisotopic (exact) mass is 304 g/mol. The number of rotatable bonds is 4. The van der Waals surface area contributed by atoms with Crippen molar-refractivity contribution in [2.45, 2.75) is 52.5 Å². The van der Waals surface area contributed by atoms with E-state index in [1.807, 2.05) is 19.9 Å². The molecule has 2 amide bonds. The third-order valence-corrected chi connectivity index (χ3v) is 5.07. The fourth-order valence-electron chi connectivity index (χ4n) is 4.07. The highest BCUT2D eigenvalue weighted by Crippen LogP contribution is 2.49. The van der Waals surface area contributed by atoms with E-state index >= 15 is 0 Å². The second-order valence-corrected chi connectivity index (χ2v) is 6.82. The van der Waals surface area contributed by atoms with Gasteiger partial charge in [-0.3, -0.25) is 25.1 Å². The van der Waals surface area contributed by atoms with Crippen LogP contribution in [0.5, 0.6) is 0 Å². The number of amides is 2. The quantitative estimate of drug-likeness (QED) is 0.827. The lowest BCUT2D eigenvalue weighted by Crippen LogP contribution is -2.44. The van der Waals surface area contributed by atoms with E-state index in [1.165, 1.54) is 25.7 Å². The van der Waals surface area contributed by atoms with Gasteiger partial charge >= 0.3 is 0 Å². The molecule has 1 heterocycles. The van der Waals surface area contributed by atoms with Crippen LogP contribution in [0.15, 0.2) is 6.07 Å². The Morgan fingerprint density at radius 1 is 1.23 bits per heavy atom. The van der Waals surface area contributed by atoms with Gasteiger partial charge in [0.2, 0.25) is 5.91 Å². The molecule has 1 aromatic heterocycles. The molecule has 0 unspecified atom stereocenters. The van der Waals surface area contributed by atoms with E-state index in [1.54, 1.807) is 4.68 Å². The average molecular weight is 304 g/mol. The van der Waals surface area contributed by atoms with Gasteiger partial charge in [0.15, 0.2) is 0 Å². The van der Waals surface area contributed by atoms with Crippen LogP contribution in [0.25, 0.3) is 0 Å². The summed E-state index contributed by atoms with van der Waals surface area (Å²) >= 11 is 0. The van der Waals surface area contributed by atoms with Crippen LogP contribution in [0.1, 0.15) is 43.5 Å². The van der Waals surface area contributed by atoms with Gasteiger partial charge < -0.3 is 0 Å². The molecule has 6 heteroatoms. The largest absolute Gasteiger partial charge is 0.273 e. The Balaban J connectivity index is 1.41. The smallest absolute Gasteiger partial charge is 0.260 e. The van der Waals surface area contributed by atoms with Gasteiger partial charge in [-0.25, -0.2) is 0 Å². The summed E-state index contributed by atoms with van der Waals surface area (Å²) < 4.78 is 1.63. The van der Waals surface area contributed by atoms with Crippen molar-refractivity contribution in [3.05, 3.63) is 17.5 Å². The first-order chi connectivity index (χ1) is 10.5. The molecule has 0 radical (unpaired) electrons. The summed E-state index contributed by atoms with van der Waals surface area (Å²) in [6, 6.07) is 1.92. The highest BCUT2D eigenvalue weighted by Gasteiger charge is 2.40. The van der Waals surface area contributed by atoms with Crippen LogP contribution < -0.4 is 10.9 Å². The van der Waals surface area contributed by atoms with Gasteiger partial charge in [-0.1, -0.05) is 6.42 Å². The van der Waals surface area contributed by atoms with E-state index in [0.29, 0.717) is 12.3 Å². The zero-order valence-corrected chi connectivity index (χ0v) is 13.3. The molecule has 2 fully saturated rings. The Hall–Kier alpha value is -1.85. The van der Waals surface area contributed by atoms with Gasteiger partial charge in [0.25, 0.3) is 5.91 Å². The van der Waals surface area contributed by atoms with Gasteiger partial charge in [-0.15, -0.1) is 0 Å². The molecule has 2 bridgehead atoms. The topological polar surface area (TPSA) is 76.0 Å². The third kappa shape index (κ3) is 3.31. The number of aryl methyl sites for hydroxylation is 2. The third-order valence-electron chi connectivity index (χ3n) is 5.07. The summed E-state index contributed by atoms with van der Waals surface area (Å²) in [7, 11) is 0. The van der Waals surface area contributed by atoms with Crippen molar-refractivity contribution < 1.29 is 9.59 Å². The van der Waals surface area contributed by atoms with Gasteiger partial charge in [-0.2, -0.15) is 5.10 Å². The fourth-order valence-corrected chi connectivity index (χ4v) is 4.07. The van der Waals surface area contributed by atoms with Crippen molar-refractivity contribution in [2.75, 3.05) is 0 Å². The van der Waals surface area contributed by atoms with Gasteiger partial charge in [0, 0.05) is 12.1 Å². The van der Waals surface area contributed by atoms with Crippen molar-refractivity contribution in [2.24, 2.45) is 17.8 Å². The van der Waals surface area contributed by atoms with Crippen LogP contribution in [-0.4, -0.2) is 21.6 Å². The number of hydrazine groups is 1. The molecule has 2 N–H and O–H groups in total. The first kappa shape index (κ1) is 15.1. The zero-order valence-electron chi connectivity index (χ0n) is 13.3. The summed E-state index contributed by atoms with van der Waals surface area (Å²) in [5, 5.41) is 4.23. The first-order valence-corrected chi connectivity index (χ1v) is 8.10. The van der Waals surface area contributed by atoms with Gasteiger partial charge in [-0.05, 0) is 56.9 Å². The van der Waals surface area contributed by atoms with E-state index in [2.05, 4.69) is 16.0 Å². The first-order valence-electron chi connectivity index (χ1n) is 8.10. The SMILES string of the molecule is Cc1cc(C)n(CC(=O)NNC(=O)C[C@H]2C[C@@H]3CC[C@@H]2C3)n1. The van der Waals surface area contributed by atoms with Crippen LogP contribution in [0.3, 0.4) is 0 Å². The molecule has 6 nitrogen and oxygen atoms in total. The maximum Gasteiger partial charge on any atom is 0.260 e. The molecule has 0 spiro atoms. The number of aromatic nitrogens is 2. The van der Waals surface area contributed by atoms with Crippen molar-refractivity contribution in [3.8, 4) is 0 Å². The van der Waals surface area contributed by atoms with Crippen molar-refractivity contribution >= 4 is 11.8 Å². The predicted octanol–water partition coefficient (Wildman–Crippen LogP) is 1.47. The lowest BCUT2D eigenvalue weighted by molar-refractivity contribution is -0.130. The van der Waals surface area contributed by atoms with Crippen LogP contribution in [0.4, 0.5) is 0 Å². The summed E-state index contributed by atoms with van der Waals surface area (Å²) in [6.07, 6.45) is 5.61. The maximum absolute atomic E-state index is 12.0. The number of carbonyl (C=O) groups is 2. The van der Waals surface area contributed by atoms with Crippen LogP contribution >= 0.6 is 0 Å². The van der Waals surface area contributed by atoms with Gasteiger partial charge in [0.05, 0.1) is 5.69 Å². The average Bonchev–Trinajstić information content (AvgIpc) is 3.13. The van der Waals surface area contributed by atoms with E-state index in [9.17, 15) is 9.59 Å². The van der Waals surface area contributed by atoms with E-state index < -0.39 is 0 Å². The summed E-state index contributed by atoms with van der Waals surface area (Å²) in [4.78, 5) is 23.8. The summed E-state index contributed by atoms with van der Waals surface area (Å²) in [6.45, 7) is 3.91. The Kier molecular flexibility index (Phi) is 4.18. The highest BCUT2D eigenvalue weighted by molar-refractivity contribution is 5.82. The van der Waals surface area contributed by atoms with E-state index in [0.717, 1.165) is 23.2 Å². The molecule has 2 saturated carbocycles. The Morgan fingerprint density at radius 3 is 2.59 bits per heavy atom. The minimum atomic E-state index is -0.257. The molecule has 0 aliphatic heterocycles. The van der Waals surface area contributed by atoms with Crippen LogP contribution in [-0.2, 0) is 16.1 Å². The maximum atomic E-state index is 12.0. The molecular formula is C16H24N4O2. The standard InChI is InChI=1S/C16H24N4O2/c1-10-5-11(2)20(19-10)9-16(22)18-17-15(21)8-14-7-12-3-4-13(14)6-12/h5,12-14H,3-4,6-9H2,1-2H3,(H,17,21)(H,18,22)/t12-,13-,14-/m1/s1. The number of hydrogen-bond donors (Lipinski definition) is 2. The van der Waals surface area contributed by atoms with E-state index in [4.69, 9.17) is 0 Å². The molecule has 0 aromatic carbocycles. The molecule has 2 aliphatic rings. The van der Waals surface area contributed by atoms with Crippen molar-refractivity contribution in [1.29, 1.82) is 0 Å². The fraction of sp³-hybridized carbons (Fsp3) is 0.688. The molecule has 3 rings (SSSR count). The van der Waals surface area contributed by atoms with Crippen molar-refractivity contribution in [3.63, 3.8) is 0 Å². The Labute approximate surface area is 130 Å². The van der Waals surface area contributed by atoms with Crippen molar-refractivity contribution in [1.82, 2.24) is 20.6 Å². The zero-order chi connectivity index (χ0) is 15.7. The molecule has 3 atom stereocenters. The lowest BCUT2D eigenvalue weighted by Gasteiger charge is -2.20. The molecule has 2 aliphatic carbocycles. The molecule has 1 aromatic rings. The number of fused-ring (bicyclic) bond motifs is 2. The Morgan fingerprint density at radius 2 is 2.00 bits per heavy atom. The van der Waals surface area contributed by atoms with Gasteiger partial charge in [0.1, 0.15) is 6.54 Å². The normalized spacial score (nSPS) is 26.2. The van der Waals surface area contributed by atoms with E-state index in [-0.39, 0.29) is 18.4 Å². The number of carbonyl (C=O) groups excluding carboxylic acids is 2. The summed E-state index contributed by atoms with van der Waals surface area (Å²) in [5.41, 5.74) is 6.83. The number of hydrogen-bond acceptors (Lipinski definition) is 3. The van der Waals surface area contributed by atoms with Crippen LogP contribution in [0.2, 0.25) is 0 Å². The summed E-state index contributed by atoms with van der Waals surface area (Å²) in [5.74, 6) is 1.72. The Bertz CT molecular complexity index is 581. The molecular weight excluding hydrogens is 280 g/mol. The molecule has 120 valence electrons. The minimum Gasteiger partial charge on any atom is -0.273 e. The second kappa shape index (κ2) is 6.10. The molecule has 22 heavy (non-hydrogen) atoms.